The number of hydrogen-bond donors (Lipinski definition) is 2. The molecule has 2 N–H and O–H groups in total. The van der Waals surface area contributed by atoms with Gasteiger partial charge in [0.25, 0.3) is 5.69 Å². The molecule has 0 saturated heterocycles. The zero-order chi connectivity index (χ0) is 17.9. The number of nitrogens with one attached hydrogen (secondary N) is 2. The van der Waals surface area contributed by atoms with Gasteiger partial charge in [0.2, 0.25) is 0 Å². The largest absolute Gasteiger partial charge is 0.324 e. The molecule has 1 heterocycles. The Bertz CT molecular complexity index is 857. The summed E-state index contributed by atoms with van der Waals surface area (Å²) in [4.78, 5) is 22.1. The number of carbonyl (C=O) groups excluding carboxylic acids is 1. The van der Waals surface area contributed by atoms with Gasteiger partial charge in [-0.2, -0.15) is 0 Å². The number of nitro groups is 1. The van der Waals surface area contributed by atoms with Crippen LogP contribution >= 0.6 is 11.3 Å². The molecule has 2 amide bonds. The van der Waals surface area contributed by atoms with Crippen LogP contribution in [0.4, 0.5) is 21.2 Å². The number of nitro benzene ring substituents is 1. The lowest BCUT2D eigenvalue weighted by Crippen LogP contribution is -2.18. The Morgan fingerprint density at radius 2 is 1.83 bits per heavy atom. The van der Waals surface area contributed by atoms with Gasteiger partial charge >= 0.3 is 6.03 Å². The number of anilines is 2. The number of rotatable bonds is 5. The zero-order valence-corrected chi connectivity index (χ0v) is 14.5. The van der Waals surface area contributed by atoms with Crippen LogP contribution in [0.25, 0.3) is 0 Å². The average molecular weight is 369 g/mol. The second kappa shape index (κ2) is 6.97. The van der Waals surface area contributed by atoms with Crippen LogP contribution in [0.15, 0.2) is 40.6 Å². The second-order valence-electron chi connectivity index (χ2n) is 5.12. The van der Waals surface area contributed by atoms with Crippen molar-refractivity contribution in [2.24, 2.45) is 0 Å². The summed E-state index contributed by atoms with van der Waals surface area (Å²) in [6, 6.07) is 6.18. The number of sulfone groups is 1. The Balaban J connectivity index is 2.03. The fraction of sp³-hybridized carbons (Fsp3) is 0.214. The van der Waals surface area contributed by atoms with Crippen LogP contribution in [0, 0.1) is 10.1 Å². The Labute approximate surface area is 142 Å². The summed E-state index contributed by atoms with van der Waals surface area (Å²) in [6.07, 6.45) is 0. The maximum Gasteiger partial charge on any atom is 0.324 e. The summed E-state index contributed by atoms with van der Waals surface area (Å²) in [6.45, 7) is 3.17. The van der Waals surface area contributed by atoms with Crippen LogP contribution in [0.3, 0.4) is 0 Å². The Morgan fingerprint density at radius 3 is 2.38 bits per heavy atom. The van der Waals surface area contributed by atoms with E-state index in [4.69, 9.17) is 0 Å². The topological polar surface area (TPSA) is 118 Å². The number of nitrogens with zero attached hydrogens (tertiary/aromatic N) is 1. The molecule has 0 aliphatic rings. The van der Waals surface area contributed by atoms with Crippen LogP contribution in [-0.2, 0) is 9.84 Å². The molecule has 0 radical (unpaired) electrons. The number of carbonyl (C=O) groups is 1. The summed E-state index contributed by atoms with van der Waals surface area (Å²) < 4.78 is 24.1. The van der Waals surface area contributed by atoms with E-state index in [1.807, 2.05) is 0 Å². The number of urea groups is 1. The number of benzene rings is 1. The number of hydrogen-bond acceptors (Lipinski definition) is 6. The number of thiophene rings is 1. The van der Waals surface area contributed by atoms with Crippen molar-refractivity contribution in [2.45, 2.75) is 24.0 Å². The maximum atomic E-state index is 12.0. The van der Waals surface area contributed by atoms with Gasteiger partial charge in [0.05, 0.1) is 20.1 Å². The molecular weight excluding hydrogens is 354 g/mol. The standard InChI is InChI=1S/C14H15N3O5S2/c1-9(2)24(21,22)12-7-13(23-8-12)16-14(18)15-10-3-5-11(6-4-10)17(19)20/h3-9H,1-2H3,(H2,15,16,18). The lowest BCUT2D eigenvalue weighted by Gasteiger charge is -2.06. The third-order valence-electron chi connectivity index (χ3n) is 3.10. The summed E-state index contributed by atoms with van der Waals surface area (Å²) in [5, 5.41) is 16.9. The van der Waals surface area contributed by atoms with Crippen LogP contribution in [0.5, 0.6) is 0 Å². The Hall–Kier alpha value is -2.46. The summed E-state index contributed by atoms with van der Waals surface area (Å²) in [7, 11) is -3.39. The summed E-state index contributed by atoms with van der Waals surface area (Å²) in [5.74, 6) is 0. The lowest BCUT2D eigenvalue weighted by atomic mass is 10.3. The van der Waals surface area contributed by atoms with E-state index in [-0.39, 0.29) is 10.6 Å². The number of non-ortho nitro benzene ring substituents is 1. The van der Waals surface area contributed by atoms with Gasteiger partial charge in [-0.3, -0.25) is 15.4 Å². The third kappa shape index (κ3) is 4.09. The molecular formula is C14H15N3O5S2. The minimum Gasteiger partial charge on any atom is -0.308 e. The highest BCUT2D eigenvalue weighted by atomic mass is 32.2. The van der Waals surface area contributed by atoms with Gasteiger partial charge in [-0.05, 0) is 32.0 Å². The van der Waals surface area contributed by atoms with Crippen molar-refractivity contribution < 1.29 is 18.1 Å². The van der Waals surface area contributed by atoms with Crippen molar-refractivity contribution in [3.63, 3.8) is 0 Å². The van der Waals surface area contributed by atoms with Gasteiger partial charge in [0.1, 0.15) is 0 Å². The molecule has 24 heavy (non-hydrogen) atoms. The highest BCUT2D eigenvalue weighted by Crippen LogP contribution is 2.27. The predicted octanol–water partition coefficient (Wildman–Crippen LogP) is 3.48. The van der Waals surface area contributed by atoms with Crippen LogP contribution in [0.2, 0.25) is 0 Å². The molecule has 0 unspecified atom stereocenters. The Morgan fingerprint density at radius 1 is 1.21 bits per heavy atom. The highest BCUT2D eigenvalue weighted by molar-refractivity contribution is 7.92. The van der Waals surface area contributed by atoms with Crippen molar-refractivity contribution in [2.75, 3.05) is 10.6 Å². The van der Waals surface area contributed by atoms with E-state index in [0.717, 1.165) is 11.3 Å². The molecule has 1 aromatic carbocycles. The molecule has 0 aliphatic carbocycles. The normalized spacial score (nSPS) is 11.3. The van der Waals surface area contributed by atoms with E-state index in [1.165, 1.54) is 35.7 Å². The monoisotopic (exact) mass is 369 g/mol. The molecule has 0 atom stereocenters. The molecule has 0 fully saturated rings. The fourth-order valence-corrected chi connectivity index (χ4v) is 3.99. The van der Waals surface area contributed by atoms with Gasteiger partial charge in [0.15, 0.2) is 9.84 Å². The lowest BCUT2D eigenvalue weighted by molar-refractivity contribution is -0.384. The molecule has 0 aliphatic heterocycles. The first-order valence-corrected chi connectivity index (χ1v) is 9.27. The van der Waals surface area contributed by atoms with Crippen molar-refractivity contribution >= 4 is 43.6 Å². The predicted molar refractivity (Wildman–Crippen MR) is 92.4 cm³/mol. The van der Waals surface area contributed by atoms with E-state index in [0.29, 0.717) is 10.7 Å². The maximum absolute atomic E-state index is 12.0. The molecule has 128 valence electrons. The van der Waals surface area contributed by atoms with E-state index in [9.17, 15) is 23.3 Å². The van der Waals surface area contributed by atoms with Gasteiger partial charge in [-0.1, -0.05) is 0 Å². The molecule has 0 bridgehead atoms. The van der Waals surface area contributed by atoms with Gasteiger partial charge in [0, 0.05) is 23.2 Å². The molecule has 0 saturated carbocycles. The number of amides is 2. The summed E-state index contributed by atoms with van der Waals surface area (Å²) >= 11 is 1.10. The minimum absolute atomic E-state index is 0.0808. The molecule has 2 aromatic rings. The SMILES string of the molecule is CC(C)S(=O)(=O)c1csc(NC(=O)Nc2ccc([N+](=O)[O-])cc2)c1. The van der Waals surface area contributed by atoms with E-state index >= 15 is 0 Å². The zero-order valence-electron chi connectivity index (χ0n) is 12.8. The first kappa shape index (κ1) is 17.9. The average Bonchev–Trinajstić information content (AvgIpc) is 2.96. The first-order valence-electron chi connectivity index (χ1n) is 6.85. The van der Waals surface area contributed by atoms with Crippen molar-refractivity contribution in [1.82, 2.24) is 0 Å². The summed E-state index contributed by atoms with van der Waals surface area (Å²) in [5.41, 5.74) is 0.299. The second-order valence-corrected chi connectivity index (χ2v) is 8.54. The molecule has 2 rings (SSSR count). The highest BCUT2D eigenvalue weighted by Gasteiger charge is 2.21. The minimum atomic E-state index is -3.39. The first-order chi connectivity index (χ1) is 11.2. The third-order valence-corrected chi connectivity index (χ3v) is 6.23. The molecule has 0 spiro atoms. The Kier molecular flexibility index (Phi) is 5.20. The quantitative estimate of drug-likeness (QED) is 0.618. The molecule has 10 heteroatoms. The van der Waals surface area contributed by atoms with Gasteiger partial charge in [-0.25, -0.2) is 13.2 Å². The van der Waals surface area contributed by atoms with Crippen LogP contribution < -0.4 is 10.6 Å². The smallest absolute Gasteiger partial charge is 0.308 e. The van der Waals surface area contributed by atoms with E-state index < -0.39 is 26.0 Å². The molecule has 1 aromatic heterocycles. The van der Waals surface area contributed by atoms with Gasteiger partial charge in [-0.15, -0.1) is 11.3 Å². The van der Waals surface area contributed by atoms with Crippen molar-refractivity contribution in [3.8, 4) is 0 Å². The van der Waals surface area contributed by atoms with Crippen LogP contribution in [0.1, 0.15) is 13.8 Å². The van der Waals surface area contributed by atoms with E-state index in [2.05, 4.69) is 10.6 Å². The fourth-order valence-electron chi connectivity index (χ4n) is 1.75. The van der Waals surface area contributed by atoms with Crippen LogP contribution in [-0.4, -0.2) is 24.6 Å². The molecule has 8 nitrogen and oxygen atoms in total. The van der Waals surface area contributed by atoms with Crippen molar-refractivity contribution in [1.29, 1.82) is 0 Å². The van der Waals surface area contributed by atoms with Crippen molar-refractivity contribution in [3.05, 3.63) is 45.8 Å². The van der Waals surface area contributed by atoms with E-state index in [1.54, 1.807) is 13.8 Å². The van der Waals surface area contributed by atoms with Gasteiger partial charge < -0.3 is 5.32 Å².